The number of hydrogen-bond acceptors (Lipinski definition) is 5. The zero-order valence-electron chi connectivity index (χ0n) is 6.90. The first-order chi connectivity index (χ1) is 6.72. The number of fused-ring (bicyclic) bond motifs is 1. The highest BCUT2D eigenvalue weighted by Crippen LogP contribution is 2.23. The number of nitriles is 1. The van der Waals surface area contributed by atoms with Crippen LogP contribution in [0.2, 0.25) is 0 Å². The number of cyclic esters (lactones) is 2. The van der Waals surface area contributed by atoms with Crippen molar-refractivity contribution in [3.63, 3.8) is 0 Å². The molecule has 1 aliphatic heterocycles. The second-order valence-electron chi connectivity index (χ2n) is 2.67. The highest BCUT2D eigenvalue weighted by atomic mass is 16.6. The molecule has 0 fully saturated rings. The fourth-order valence-corrected chi connectivity index (χ4v) is 1.23. The van der Waals surface area contributed by atoms with Crippen molar-refractivity contribution in [2.24, 2.45) is 0 Å². The number of nitrogens with one attached hydrogen (secondary N) is 1. The molecular weight excluding hydrogens is 184 g/mol. The molecule has 14 heavy (non-hydrogen) atoms. The molecular formula is C9H4N2O3. The maximum atomic E-state index is 11.1. The molecule has 68 valence electrons. The average molecular weight is 188 g/mol. The molecule has 0 spiro atoms. The van der Waals surface area contributed by atoms with Crippen molar-refractivity contribution in [1.82, 2.24) is 0 Å². The van der Waals surface area contributed by atoms with E-state index in [1.54, 1.807) is 6.19 Å². The second kappa shape index (κ2) is 2.85. The standard InChI is InChI=1S/C9H4N2O3/c10-4-11-5-1-2-6-7(3-5)9(13)14-8(6)12/h1-3,11H. The molecule has 1 N–H and O–H groups in total. The van der Waals surface area contributed by atoms with Gasteiger partial charge in [-0.1, -0.05) is 0 Å². The highest BCUT2D eigenvalue weighted by Gasteiger charge is 2.29. The molecule has 5 nitrogen and oxygen atoms in total. The number of rotatable bonds is 1. The Morgan fingerprint density at radius 2 is 1.93 bits per heavy atom. The Morgan fingerprint density at radius 3 is 2.64 bits per heavy atom. The summed E-state index contributed by atoms with van der Waals surface area (Å²) in [6, 6.07) is 4.38. The summed E-state index contributed by atoms with van der Waals surface area (Å²) in [6.45, 7) is 0. The van der Waals surface area contributed by atoms with Gasteiger partial charge in [-0.15, -0.1) is 0 Å². The van der Waals surface area contributed by atoms with E-state index in [-0.39, 0.29) is 11.1 Å². The van der Waals surface area contributed by atoms with Gasteiger partial charge in [0.1, 0.15) is 0 Å². The summed E-state index contributed by atoms with van der Waals surface area (Å²) in [6.07, 6.45) is 1.71. The second-order valence-corrected chi connectivity index (χ2v) is 2.67. The molecule has 0 radical (unpaired) electrons. The predicted octanol–water partition coefficient (Wildman–Crippen LogP) is 0.890. The van der Waals surface area contributed by atoms with E-state index < -0.39 is 11.9 Å². The molecule has 0 bridgehead atoms. The minimum atomic E-state index is -0.674. The maximum absolute atomic E-state index is 11.1. The fourth-order valence-electron chi connectivity index (χ4n) is 1.23. The van der Waals surface area contributed by atoms with Crippen LogP contribution in [0.3, 0.4) is 0 Å². The fraction of sp³-hybridized carbons (Fsp3) is 0. The van der Waals surface area contributed by atoms with Crippen molar-refractivity contribution in [3.8, 4) is 6.19 Å². The van der Waals surface area contributed by atoms with Gasteiger partial charge in [0.05, 0.1) is 11.1 Å². The van der Waals surface area contributed by atoms with Crippen molar-refractivity contribution in [2.75, 3.05) is 5.32 Å². The van der Waals surface area contributed by atoms with Crippen molar-refractivity contribution in [3.05, 3.63) is 29.3 Å². The first kappa shape index (κ1) is 8.26. The Balaban J connectivity index is 2.51. The van der Waals surface area contributed by atoms with Crippen LogP contribution in [-0.2, 0) is 4.74 Å². The van der Waals surface area contributed by atoms with Crippen molar-refractivity contribution in [1.29, 1.82) is 5.26 Å². The van der Waals surface area contributed by atoms with E-state index in [1.807, 2.05) is 0 Å². The first-order valence-electron chi connectivity index (χ1n) is 3.78. The van der Waals surface area contributed by atoms with Gasteiger partial charge in [0, 0.05) is 5.69 Å². The van der Waals surface area contributed by atoms with Gasteiger partial charge >= 0.3 is 11.9 Å². The van der Waals surface area contributed by atoms with Crippen molar-refractivity contribution >= 4 is 17.6 Å². The molecule has 0 atom stereocenters. The van der Waals surface area contributed by atoms with Crippen LogP contribution >= 0.6 is 0 Å². The van der Waals surface area contributed by atoms with Gasteiger partial charge in [0.25, 0.3) is 0 Å². The van der Waals surface area contributed by atoms with Crippen LogP contribution in [0.1, 0.15) is 20.7 Å². The molecule has 0 aromatic heterocycles. The van der Waals surface area contributed by atoms with Crippen molar-refractivity contribution in [2.45, 2.75) is 0 Å². The lowest BCUT2D eigenvalue weighted by atomic mass is 10.1. The molecule has 1 aromatic carbocycles. The van der Waals surface area contributed by atoms with Crippen LogP contribution in [0.4, 0.5) is 5.69 Å². The Hall–Kier alpha value is -2.35. The third-order valence-electron chi connectivity index (χ3n) is 1.85. The van der Waals surface area contributed by atoms with Gasteiger partial charge in [-0.2, -0.15) is 5.26 Å². The minimum absolute atomic E-state index is 0.190. The van der Waals surface area contributed by atoms with E-state index in [0.29, 0.717) is 5.69 Å². The highest BCUT2D eigenvalue weighted by molar-refractivity contribution is 6.15. The number of carbonyl (C=O) groups is 2. The lowest BCUT2D eigenvalue weighted by Crippen LogP contribution is -1.97. The van der Waals surface area contributed by atoms with Crippen LogP contribution in [0.25, 0.3) is 0 Å². The SMILES string of the molecule is N#CNc1ccc2c(c1)C(=O)OC2=O. The number of carbonyl (C=O) groups excluding carboxylic acids is 2. The van der Waals surface area contributed by atoms with Crippen LogP contribution in [-0.4, -0.2) is 11.9 Å². The Labute approximate surface area is 78.9 Å². The van der Waals surface area contributed by atoms with Crippen LogP contribution in [0, 0.1) is 11.5 Å². The van der Waals surface area contributed by atoms with Gasteiger partial charge < -0.3 is 4.74 Å². The van der Waals surface area contributed by atoms with Gasteiger partial charge in [0.15, 0.2) is 6.19 Å². The van der Waals surface area contributed by atoms with Crippen LogP contribution in [0.5, 0.6) is 0 Å². The number of ether oxygens (including phenoxy) is 1. The molecule has 0 saturated carbocycles. The van der Waals surface area contributed by atoms with E-state index in [0.717, 1.165) is 0 Å². The van der Waals surface area contributed by atoms with Gasteiger partial charge in [0.2, 0.25) is 0 Å². The number of benzene rings is 1. The summed E-state index contributed by atoms with van der Waals surface area (Å²) in [5, 5.41) is 10.7. The van der Waals surface area contributed by atoms with Crippen LogP contribution in [0.15, 0.2) is 18.2 Å². The largest absolute Gasteiger partial charge is 0.386 e. The molecule has 1 aromatic rings. The topological polar surface area (TPSA) is 79.2 Å². The van der Waals surface area contributed by atoms with Gasteiger partial charge in [-0.05, 0) is 18.2 Å². The van der Waals surface area contributed by atoms with E-state index in [2.05, 4.69) is 10.1 Å². The maximum Gasteiger partial charge on any atom is 0.346 e. The normalized spacial score (nSPS) is 13.1. The van der Waals surface area contributed by atoms with E-state index in [1.165, 1.54) is 18.2 Å². The summed E-state index contributed by atoms with van der Waals surface area (Å²) in [4.78, 5) is 22.1. The summed E-state index contributed by atoms with van der Waals surface area (Å²) < 4.78 is 4.38. The zero-order chi connectivity index (χ0) is 10.1. The quantitative estimate of drug-likeness (QED) is 0.306. The molecule has 1 heterocycles. The monoisotopic (exact) mass is 188 g/mol. The predicted molar refractivity (Wildman–Crippen MR) is 45.4 cm³/mol. The Bertz CT molecular complexity index is 473. The summed E-state index contributed by atoms with van der Waals surface area (Å²) in [7, 11) is 0. The molecule has 5 heteroatoms. The van der Waals surface area contributed by atoms with Gasteiger partial charge in [-0.25, -0.2) is 9.59 Å². The third-order valence-corrected chi connectivity index (χ3v) is 1.85. The zero-order valence-corrected chi connectivity index (χ0v) is 6.90. The van der Waals surface area contributed by atoms with E-state index in [4.69, 9.17) is 5.26 Å². The number of hydrogen-bond donors (Lipinski definition) is 1. The Morgan fingerprint density at radius 1 is 1.21 bits per heavy atom. The Kier molecular flexibility index (Phi) is 1.68. The minimum Gasteiger partial charge on any atom is -0.386 e. The molecule has 1 aliphatic rings. The summed E-state index contributed by atoms with van der Waals surface area (Å²) in [5.74, 6) is -1.32. The molecule has 0 aliphatic carbocycles. The summed E-state index contributed by atoms with van der Waals surface area (Å²) >= 11 is 0. The number of esters is 2. The lowest BCUT2D eigenvalue weighted by Gasteiger charge is -1.97. The smallest absolute Gasteiger partial charge is 0.346 e. The average Bonchev–Trinajstić information content (AvgIpc) is 2.43. The van der Waals surface area contributed by atoms with E-state index in [9.17, 15) is 9.59 Å². The van der Waals surface area contributed by atoms with E-state index >= 15 is 0 Å². The van der Waals surface area contributed by atoms with Gasteiger partial charge in [-0.3, -0.25) is 5.32 Å². The molecule has 0 unspecified atom stereocenters. The summed E-state index contributed by atoms with van der Waals surface area (Å²) in [5.41, 5.74) is 0.881. The number of anilines is 1. The molecule has 2 rings (SSSR count). The van der Waals surface area contributed by atoms with Crippen LogP contribution < -0.4 is 5.32 Å². The molecule has 0 amide bonds. The molecule has 0 saturated heterocycles. The lowest BCUT2D eigenvalue weighted by molar-refractivity contribution is 0.0444. The third kappa shape index (κ3) is 1.10. The first-order valence-corrected chi connectivity index (χ1v) is 3.78. The number of nitrogens with zero attached hydrogens (tertiary/aromatic N) is 1. The van der Waals surface area contributed by atoms with Crippen molar-refractivity contribution < 1.29 is 14.3 Å².